The van der Waals surface area contributed by atoms with Crippen LogP contribution in [0.5, 0.6) is 0 Å². The highest BCUT2D eigenvalue weighted by Crippen LogP contribution is 2.44. The summed E-state index contributed by atoms with van der Waals surface area (Å²) in [4.78, 5) is 16.7. The van der Waals surface area contributed by atoms with Crippen molar-refractivity contribution in [2.45, 2.75) is 13.3 Å². The quantitative estimate of drug-likeness (QED) is 0.391. The number of rotatable bonds is 1. The van der Waals surface area contributed by atoms with Gasteiger partial charge in [0.05, 0.1) is 22.4 Å². The summed E-state index contributed by atoms with van der Waals surface area (Å²) in [6.45, 7) is 2.05. The number of hydrogen-bond donors (Lipinski definition) is 0. The zero-order valence-corrected chi connectivity index (χ0v) is 16.0. The first-order chi connectivity index (χ1) is 14.3. The zero-order valence-electron chi connectivity index (χ0n) is 16.0. The van der Waals surface area contributed by atoms with Gasteiger partial charge in [0.15, 0.2) is 0 Å². The number of fused-ring (bicyclic) bond motifs is 7. The van der Waals surface area contributed by atoms with Gasteiger partial charge in [-0.2, -0.15) is 0 Å². The molecular weight excluding hydrogens is 356 g/mol. The lowest BCUT2D eigenvalue weighted by molar-refractivity contribution is 0.979. The van der Waals surface area contributed by atoms with Gasteiger partial charge in [0, 0.05) is 34.7 Å². The highest BCUT2D eigenvalue weighted by molar-refractivity contribution is 6.05. The van der Waals surface area contributed by atoms with E-state index in [-0.39, 0.29) is 0 Å². The fourth-order valence-corrected chi connectivity index (χ4v) is 4.31. The minimum Gasteiger partial charge on any atom is -0.282 e. The van der Waals surface area contributed by atoms with Crippen LogP contribution in [0.3, 0.4) is 0 Å². The molecule has 0 N–H and O–H groups in total. The van der Waals surface area contributed by atoms with E-state index in [9.17, 15) is 0 Å². The number of allylic oxidation sites excluding steroid dienone is 5. The Balaban J connectivity index is 1.67. The predicted octanol–water partition coefficient (Wildman–Crippen LogP) is 5.87. The van der Waals surface area contributed by atoms with Crippen molar-refractivity contribution >= 4 is 39.0 Å². The topological polar surface area (TPSA) is 41.9 Å². The highest BCUT2D eigenvalue weighted by atomic mass is 15.3. The van der Waals surface area contributed by atoms with E-state index in [1.807, 2.05) is 18.3 Å². The molecule has 4 nitrogen and oxygen atoms in total. The molecule has 138 valence electrons. The lowest BCUT2D eigenvalue weighted by atomic mass is 9.94. The van der Waals surface area contributed by atoms with E-state index in [4.69, 9.17) is 9.97 Å². The average Bonchev–Trinajstić information content (AvgIpc) is 2.97. The lowest BCUT2D eigenvalue weighted by Gasteiger charge is -2.33. The van der Waals surface area contributed by atoms with Gasteiger partial charge in [-0.3, -0.25) is 9.88 Å². The normalized spacial score (nSPS) is 15.1. The summed E-state index contributed by atoms with van der Waals surface area (Å²) in [5, 5.41) is 2.12. The van der Waals surface area contributed by atoms with E-state index in [2.05, 4.69) is 77.5 Å². The van der Waals surface area contributed by atoms with Crippen LogP contribution in [-0.2, 0) is 0 Å². The maximum atomic E-state index is 5.06. The molecule has 1 aliphatic heterocycles. The molecule has 0 saturated carbocycles. The van der Waals surface area contributed by atoms with Gasteiger partial charge in [0.1, 0.15) is 0 Å². The number of nitrogens with zero attached hydrogens (tertiary/aromatic N) is 4. The van der Waals surface area contributed by atoms with Gasteiger partial charge in [-0.25, -0.2) is 9.97 Å². The minimum absolute atomic E-state index is 0.708. The van der Waals surface area contributed by atoms with Gasteiger partial charge in [-0.15, -0.1) is 0 Å². The summed E-state index contributed by atoms with van der Waals surface area (Å²) in [5.41, 5.74) is 7.73. The van der Waals surface area contributed by atoms with Gasteiger partial charge in [-0.1, -0.05) is 36.4 Å². The Kier molecular flexibility index (Phi) is 3.41. The molecule has 2 bridgehead atoms. The summed E-state index contributed by atoms with van der Waals surface area (Å²) in [6, 6.07) is 16.6. The van der Waals surface area contributed by atoms with Crippen molar-refractivity contribution in [1.82, 2.24) is 15.0 Å². The summed E-state index contributed by atoms with van der Waals surface area (Å²) >= 11 is 0. The van der Waals surface area contributed by atoms with Crippen molar-refractivity contribution in [3.05, 3.63) is 96.0 Å². The van der Waals surface area contributed by atoms with Crippen LogP contribution in [0, 0.1) is 6.92 Å². The average molecular weight is 374 g/mol. The van der Waals surface area contributed by atoms with Crippen LogP contribution in [0.15, 0.2) is 84.7 Å². The van der Waals surface area contributed by atoms with Gasteiger partial charge in [0.25, 0.3) is 0 Å². The maximum absolute atomic E-state index is 5.06. The standard InChI is InChI=1S/C25H18N4/c1-16-19-12-13-22-21(10-6-14-26-22)24(19)28-25(27-16)29-18-8-3-2-7-17(15-18)20-9-4-5-11-23(20)29/h2-14H,15H2,1H3. The van der Waals surface area contributed by atoms with Crippen LogP contribution >= 0.6 is 0 Å². The molecule has 0 fully saturated rings. The van der Waals surface area contributed by atoms with Gasteiger partial charge in [-0.05, 0) is 48.9 Å². The molecule has 3 heterocycles. The number of aromatic nitrogens is 3. The third-order valence-corrected chi connectivity index (χ3v) is 5.67. The Bertz CT molecular complexity index is 1390. The van der Waals surface area contributed by atoms with Crippen molar-refractivity contribution < 1.29 is 0 Å². The van der Waals surface area contributed by atoms with Crippen molar-refractivity contribution in [2.24, 2.45) is 0 Å². The van der Waals surface area contributed by atoms with E-state index in [0.717, 1.165) is 39.6 Å². The molecular formula is C25H18N4. The van der Waals surface area contributed by atoms with E-state index >= 15 is 0 Å². The largest absolute Gasteiger partial charge is 0.282 e. The lowest BCUT2D eigenvalue weighted by Crippen LogP contribution is -2.24. The summed E-state index contributed by atoms with van der Waals surface area (Å²) in [7, 11) is 0. The van der Waals surface area contributed by atoms with Crippen LogP contribution in [0.4, 0.5) is 11.6 Å². The highest BCUT2D eigenvalue weighted by Gasteiger charge is 2.28. The number of benzene rings is 2. The molecule has 0 spiro atoms. The predicted molar refractivity (Wildman–Crippen MR) is 118 cm³/mol. The number of pyridine rings is 1. The molecule has 29 heavy (non-hydrogen) atoms. The molecule has 2 aliphatic rings. The molecule has 2 aromatic carbocycles. The zero-order chi connectivity index (χ0) is 19.4. The summed E-state index contributed by atoms with van der Waals surface area (Å²) in [6.07, 6.45) is 11.2. The third kappa shape index (κ3) is 2.42. The SMILES string of the molecule is Cc1nc(N2C3=CC=CC=C(C3)c3ccccc32)nc2c1ccc1ncccc12. The molecule has 4 heteroatoms. The number of para-hydroxylation sites is 1. The summed E-state index contributed by atoms with van der Waals surface area (Å²) in [5.74, 6) is 0.708. The minimum atomic E-state index is 0.708. The second-order valence-electron chi connectivity index (χ2n) is 7.40. The molecule has 2 aromatic heterocycles. The van der Waals surface area contributed by atoms with Crippen molar-refractivity contribution in [3.8, 4) is 0 Å². The third-order valence-electron chi connectivity index (χ3n) is 5.67. The summed E-state index contributed by atoms with van der Waals surface area (Å²) < 4.78 is 0. The Hall–Kier alpha value is -3.79. The fourth-order valence-electron chi connectivity index (χ4n) is 4.31. The van der Waals surface area contributed by atoms with Crippen LogP contribution < -0.4 is 4.90 Å². The Labute approximate surface area is 168 Å². The van der Waals surface area contributed by atoms with E-state index in [0.29, 0.717) is 5.95 Å². The van der Waals surface area contributed by atoms with Crippen molar-refractivity contribution in [2.75, 3.05) is 4.90 Å². The van der Waals surface area contributed by atoms with E-state index < -0.39 is 0 Å². The van der Waals surface area contributed by atoms with Crippen molar-refractivity contribution in [3.63, 3.8) is 0 Å². The first-order valence-electron chi connectivity index (χ1n) is 9.77. The Morgan fingerprint density at radius 2 is 1.76 bits per heavy atom. The monoisotopic (exact) mass is 374 g/mol. The molecule has 0 radical (unpaired) electrons. The number of aryl methyl sites for hydroxylation is 1. The van der Waals surface area contributed by atoms with E-state index in [1.54, 1.807) is 0 Å². The number of anilines is 2. The molecule has 4 aromatic rings. The van der Waals surface area contributed by atoms with Crippen molar-refractivity contribution in [1.29, 1.82) is 0 Å². The fraction of sp³-hybridized carbons (Fsp3) is 0.0800. The van der Waals surface area contributed by atoms with E-state index in [1.165, 1.54) is 16.8 Å². The first kappa shape index (κ1) is 16.2. The Morgan fingerprint density at radius 3 is 2.72 bits per heavy atom. The van der Waals surface area contributed by atoms with Crippen LogP contribution in [0.25, 0.3) is 27.4 Å². The Morgan fingerprint density at radius 1 is 0.862 bits per heavy atom. The number of hydrogen-bond acceptors (Lipinski definition) is 4. The first-order valence-corrected chi connectivity index (χ1v) is 9.77. The molecule has 0 saturated heterocycles. The van der Waals surface area contributed by atoms with Crippen LogP contribution in [-0.4, -0.2) is 15.0 Å². The van der Waals surface area contributed by atoms with Gasteiger partial charge >= 0.3 is 0 Å². The van der Waals surface area contributed by atoms with Gasteiger partial charge < -0.3 is 0 Å². The van der Waals surface area contributed by atoms with Crippen LogP contribution in [0.1, 0.15) is 17.7 Å². The molecule has 0 amide bonds. The molecule has 6 rings (SSSR count). The second kappa shape index (κ2) is 6.11. The second-order valence-corrected chi connectivity index (χ2v) is 7.40. The maximum Gasteiger partial charge on any atom is 0.235 e. The van der Waals surface area contributed by atoms with Crippen LogP contribution in [0.2, 0.25) is 0 Å². The molecule has 0 atom stereocenters. The molecule has 1 aliphatic carbocycles. The smallest absolute Gasteiger partial charge is 0.235 e. The van der Waals surface area contributed by atoms with Gasteiger partial charge in [0.2, 0.25) is 5.95 Å². The molecule has 0 unspecified atom stereocenters.